The Balaban J connectivity index is 0.00000245. The zero-order chi connectivity index (χ0) is 21.4. The third-order valence-electron chi connectivity index (χ3n) is 7.93. The van der Waals surface area contributed by atoms with E-state index in [-0.39, 0.29) is 64.9 Å². The summed E-state index contributed by atoms with van der Waals surface area (Å²) in [6, 6.07) is 10.7. The molecule has 32 heavy (non-hydrogen) atoms. The lowest BCUT2D eigenvalue weighted by Gasteiger charge is -2.43. The van der Waals surface area contributed by atoms with Gasteiger partial charge in [-0.05, 0) is 43.1 Å². The summed E-state index contributed by atoms with van der Waals surface area (Å²) in [7, 11) is 1.78. The van der Waals surface area contributed by atoms with Crippen LogP contribution in [-0.4, -0.2) is 49.4 Å². The van der Waals surface area contributed by atoms with E-state index in [9.17, 15) is 9.59 Å². The van der Waals surface area contributed by atoms with Gasteiger partial charge in [0.2, 0.25) is 11.8 Å². The predicted molar refractivity (Wildman–Crippen MR) is 136 cm³/mol. The van der Waals surface area contributed by atoms with Crippen LogP contribution in [0.1, 0.15) is 37.7 Å². The van der Waals surface area contributed by atoms with Crippen molar-refractivity contribution in [3.63, 3.8) is 0 Å². The quantitative estimate of drug-likeness (QED) is 0.137. The highest BCUT2D eigenvalue weighted by atomic mass is 127. The molecule has 2 amide bonds. The van der Waals surface area contributed by atoms with Crippen molar-refractivity contribution in [2.75, 3.05) is 26.7 Å². The Labute approximate surface area is 207 Å². The number of carbonyl (C=O) groups excluding carboxylic acids is 2. The van der Waals surface area contributed by atoms with E-state index in [0.717, 1.165) is 25.3 Å². The average molecular weight is 548 g/mol. The van der Waals surface area contributed by atoms with E-state index >= 15 is 0 Å². The number of aliphatic imine (C=N–C) groups is 1. The smallest absolute Gasteiger partial charge is 0.233 e. The first-order valence-corrected chi connectivity index (χ1v) is 11.7. The number of amides is 2. The number of rotatable bonds is 7. The summed E-state index contributed by atoms with van der Waals surface area (Å²) < 4.78 is 0. The first kappa shape index (κ1) is 23.3. The highest BCUT2D eigenvalue weighted by molar-refractivity contribution is 14.0. The van der Waals surface area contributed by atoms with Gasteiger partial charge in [-0.1, -0.05) is 48.9 Å². The van der Waals surface area contributed by atoms with Crippen LogP contribution in [0.3, 0.4) is 0 Å². The molecule has 3 fully saturated rings. The number of hydrogen-bond acceptors (Lipinski definition) is 3. The number of halogens is 1. The molecule has 1 aliphatic heterocycles. The molecule has 172 valence electrons. The van der Waals surface area contributed by atoms with Crippen LogP contribution in [0.15, 0.2) is 47.5 Å². The van der Waals surface area contributed by atoms with Gasteiger partial charge in [-0.3, -0.25) is 19.5 Å². The van der Waals surface area contributed by atoms with E-state index in [0.29, 0.717) is 13.1 Å². The van der Waals surface area contributed by atoms with Crippen molar-refractivity contribution in [3.8, 4) is 0 Å². The molecule has 4 atom stereocenters. The van der Waals surface area contributed by atoms with Crippen molar-refractivity contribution < 1.29 is 9.59 Å². The molecule has 0 radical (unpaired) electrons. The molecule has 1 heterocycles. The second-order valence-corrected chi connectivity index (χ2v) is 9.53. The Hall–Kier alpha value is -1.90. The van der Waals surface area contributed by atoms with Crippen LogP contribution in [-0.2, 0) is 15.0 Å². The lowest BCUT2D eigenvalue weighted by molar-refractivity contribution is -0.140. The van der Waals surface area contributed by atoms with Gasteiger partial charge in [-0.25, -0.2) is 0 Å². The Kier molecular flexibility index (Phi) is 6.93. The van der Waals surface area contributed by atoms with E-state index in [1.807, 2.05) is 0 Å². The van der Waals surface area contributed by atoms with Crippen LogP contribution in [0.25, 0.3) is 0 Å². The van der Waals surface area contributed by atoms with Gasteiger partial charge in [-0.2, -0.15) is 0 Å². The topological polar surface area (TPSA) is 73.8 Å². The van der Waals surface area contributed by atoms with Crippen molar-refractivity contribution in [1.82, 2.24) is 15.5 Å². The maximum absolute atomic E-state index is 12.8. The van der Waals surface area contributed by atoms with Crippen molar-refractivity contribution in [2.24, 2.45) is 28.7 Å². The van der Waals surface area contributed by atoms with E-state index in [1.54, 1.807) is 7.05 Å². The molecular weight excluding hydrogens is 515 g/mol. The lowest BCUT2D eigenvalue weighted by Crippen LogP contribution is -2.49. The Morgan fingerprint density at radius 3 is 2.28 bits per heavy atom. The Morgan fingerprint density at radius 2 is 1.72 bits per heavy atom. The molecule has 7 heteroatoms. The van der Waals surface area contributed by atoms with Crippen LogP contribution in [0, 0.1) is 23.7 Å². The third kappa shape index (κ3) is 3.97. The van der Waals surface area contributed by atoms with Crippen molar-refractivity contribution in [2.45, 2.75) is 37.5 Å². The molecule has 2 bridgehead atoms. The zero-order valence-corrected chi connectivity index (χ0v) is 21.0. The second-order valence-electron chi connectivity index (χ2n) is 9.53. The summed E-state index contributed by atoms with van der Waals surface area (Å²) in [5.74, 6) is 1.24. The first-order chi connectivity index (χ1) is 15.1. The van der Waals surface area contributed by atoms with Crippen LogP contribution in [0.4, 0.5) is 0 Å². The van der Waals surface area contributed by atoms with E-state index in [4.69, 9.17) is 0 Å². The number of nitrogens with one attached hydrogen (secondary N) is 2. The summed E-state index contributed by atoms with van der Waals surface area (Å²) >= 11 is 0. The van der Waals surface area contributed by atoms with Gasteiger partial charge in [0.1, 0.15) is 0 Å². The van der Waals surface area contributed by atoms with Crippen LogP contribution < -0.4 is 10.6 Å². The van der Waals surface area contributed by atoms with Gasteiger partial charge in [-0.15, -0.1) is 24.0 Å². The molecule has 0 aromatic heterocycles. The van der Waals surface area contributed by atoms with Crippen molar-refractivity contribution in [1.29, 1.82) is 0 Å². The minimum atomic E-state index is -0.0958. The van der Waals surface area contributed by atoms with E-state index < -0.39 is 0 Å². The Morgan fingerprint density at radius 1 is 1.06 bits per heavy atom. The summed E-state index contributed by atoms with van der Waals surface area (Å²) in [5, 5.41) is 6.84. The standard InChI is InChI=1S/C25H32N4O2.HI/c1-26-24(28-16-25(11-5-12-25)19-7-3-2-4-8-19)27-13-6-14-29-22(30)20-17-9-10-18(15-17)21(20)23(29)31;/h2-4,7-10,17-18,20-21H,5-6,11-16H2,1H3,(H2,26,27,28);1H. The van der Waals surface area contributed by atoms with Crippen LogP contribution in [0.2, 0.25) is 0 Å². The fraction of sp³-hybridized carbons (Fsp3) is 0.560. The first-order valence-electron chi connectivity index (χ1n) is 11.7. The molecule has 4 aliphatic rings. The minimum absolute atomic E-state index is 0. The van der Waals surface area contributed by atoms with Gasteiger partial charge in [0.15, 0.2) is 5.96 Å². The van der Waals surface area contributed by atoms with E-state index in [2.05, 4.69) is 58.1 Å². The van der Waals surface area contributed by atoms with Gasteiger partial charge in [0, 0.05) is 32.1 Å². The maximum Gasteiger partial charge on any atom is 0.233 e. The SMILES string of the molecule is CN=C(NCCCN1C(=O)C2C3C=CC(C3)C2C1=O)NCC1(c2ccccc2)CCC1.I. The number of hydrogen-bond donors (Lipinski definition) is 2. The van der Waals surface area contributed by atoms with Crippen LogP contribution >= 0.6 is 24.0 Å². The van der Waals surface area contributed by atoms with Gasteiger partial charge >= 0.3 is 0 Å². The number of benzene rings is 1. The summed E-state index contributed by atoms with van der Waals surface area (Å²) in [4.78, 5) is 31.4. The molecule has 2 saturated carbocycles. The maximum atomic E-state index is 12.8. The van der Waals surface area contributed by atoms with Crippen LogP contribution in [0.5, 0.6) is 0 Å². The molecule has 1 aromatic carbocycles. The number of fused-ring (bicyclic) bond motifs is 5. The minimum Gasteiger partial charge on any atom is -0.356 e. The molecule has 6 nitrogen and oxygen atoms in total. The lowest BCUT2D eigenvalue weighted by atomic mass is 9.64. The number of allylic oxidation sites excluding steroid dienone is 2. The van der Waals surface area contributed by atoms with Gasteiger partial charge in [0.05, 0.1) is 11.8 Å². The molecular formula is C25H33IN4O2. The van der Waals surface area contributed by atoms with Crippen molar-refractivity contribution >= 4 is 41.8 Å². The fourth-order valence-corrected chi connectivity index (χ4v) is 6.06. The molecule has 4 unspecified atom stereocenters. The highest BCUT2D eigenvalue weighted by Crippen LogP contribution is 2.52. The van der Waals surface area contributed by atoms with Gasteiger partial charge in [0.25, 0.3) is 0 Å². The number of likely N-dealkylation sites (tertiary alicyclic amines) is 1. The number of carbonyl (C=O) groups is 2. The molecule has 0 spiro atoms. The highest BCUT2D eigenvalue weighted by Gasteiger charge is 2.58. The number of guanidine groups is 1. The normalized spacial score (nSPS) is 29.5. The van der Waals surface area contributed by atoms with E-state index in [1.165, 1.54) is 29.7 Å². The summed E-state index contributed by atoms with van der Waals surface area (Å²) in [6.07, 6.45) is 9.64. The summed E-state index contributed by atoms with van der Waals surface area (Å²) in [6.45, 7) is 2.02. The van der Waals surface area contributed by atoms with Crippen molar-refractivity contribution in [3.05, 3.63) is 48.0 Å². The number of imide groups is 1. The molecule has 3 aliphatic carbocycles. The third-order valence-corrected chi connectivity index (χ3v) is 7.93. The summed E-state index contributed by atoms with van der Waals surface area (Å²) in [5.41, 5.74) is 1.59. The predicted octanol–water partition coefficient (Wildman–Crippen LogP) is 3.09. The fourth-order valence-electron chi connectivity index (χ4n) is 6.06. The van der Waals surface area contributed by atoms with Gasteiger partial charge < -0.3 is 10.6 Å². The monoisotopic (exact) mass is 548 g/mol. The molecule has 2 N–H and O–H groups in total. The average Bonchev–Trinajstić information content (AvgIpc) is 3.44. The molecule has 5 rings (SSSR count). The zero-order valence-electron chi connectivity index (χ0n) is 18.6. The second kappa shape index (κ2) is 9.53. The number of nitrogens with zero attached hydrogens (tertiary/aromatic N) is 2. The Bertz CT molecular complexity index is 882. The molecule has 1 saturated heterocycles. The molecule has 1 aromatic rings. The largest absolute Gasteiger partial charge is 0.356 e.